The van der Waals surface area contributed by atoms with Crippen LogP contribution in [0.4, 0.5) is 5.95 Å². The third kappa shape index (κ3) is 4.09. The smallest absolute Gasteiger partial charge is 0.387 e. The van der Waals surface area contributed by atoms with Gasteiger partial charge in [-0.1, -0.05) is 5.21 Å². The van der Waals surface area contributed by atoms with E-state index in [2.05, 4.69) is 24.8 Å². The topological polar surface area (TPSA) is 219 Å². The Morgan fingerprint density at radius 3 is 2.68 bits per heavy atom. The predicted molar refractivity (Wildman–Crippen MR) is 74.3 cm³/mol. The van der Waals surface area contributed by atoms with E-state index in [9.17, 15) is 19.6 Å². The first-order valence-electron chi connectivity index (χ1n) is 6.50. The largest absolute Gasteiger partial charge is 1.00 e. The summed E-state index contributed by atoms with van der Waals surface area (Å²) < 4.78 is 21.2. The molecule has 1 fully saturated rings. The van der Waals surface area contributed by atoms with Crippen molar-refractivity contribution in [1.82, 2.24) is 25.0 Å². The van der Waals surface area contributed by atoms with E-state index in [0.717, 1.165) is 4.68 Å². The summed E-state index contributed by atoms with van der Waals surface area (Å²) in [6, 6.07) is 0. The van der Waals surface area contributed by atoms with Crippen LogP contribution in [0, 0.1) is 0 Å². The average Bonchev–Trinajstić information content (AvgIpc) is 3.00. The van der Waals surface area contributed by atoms with E-state index in [1.807, 2.05) is 0 Å². The van der Waals surface area contributed by atoms with E-state index in [1.54, 1.807) is 0 Å². The number of hydrogen-bond acceptors (Lipinski definition) is 10. The van der Waals surface area contributed by atoms with Crippen molar-refractivity contribution < 1.29 is 63.4 Å². The van der Waals surface area contributed by atoms with Crippen molar-refractivity contribution >= 4 is 24.9 Å². The zero-order valence-corrected chi connectivity index (χ0v) is 15.6. The summed E-state index contributed by atoms with van der Waals surface area (Å²) >= 11 is 0. The standard InChI is InChI=1S/C9H13N6O8P.Na/c10-9-11-6-3(7(18)12-9)13-14-15(6)8-5(17)4(16)2(23-8)1-22-24(19,20)21;/h2,4-5,8,16-17H,1H2,(H2,19,20,21)(H3,10,11,12,18);/q;+1. The van der Waals surface area contributed by atoms with Gasteiger partial charge in [0.1, 0.15) is 18.3 Å². The number of aromatic nitrogens is 5. The number of phosphoric acid groups is 1. The number of hydrogen-bond donors (Lipinski definition) is 6. The number of nitrogens with two attached hydrogens (primary N) is 1. The number of aliphatic hydroxyl groups excluding tert-OH is 2. The maximum absolute atomic E-state index is 11.7. The number of nitrogen functional groups attached to an aromatic ring is 1. The van der Waals surface area contributed by atoms with Crippen LogP contribution in [-0.4, -0.2) is 69.9 Å². The summed E-state index contributed by atoms with van der Waals surface area (Å²) in [4.78, 5) is 35.1. The number of aromatic amines is 1. The molecule has 14 nitrogen and oxygen atoms in total. The quantitative estimate of drug-likeness (QED) is 0.213. The molecule has 4 unspecified atom stereocenters. The fourth-order valence-electron chi connectivity index (χ4n) is 2.27. The molecule has 2 aromatic rings. The molecule has 0 aromatic carbocycles. The van der Waals surface area contributed by atoms with Crippen LogP contribution in [0.15, 0.2) is 4.79 Å². The number of rotatable bonds is 4. The van der Waals surface area contributed by atoms with Crippen molar-refractivity contribution in [2.45, 2.75) is 24.5 Å². The number of ether oxygens (including phenoxy) is 1. The SMILES string of the molecule is Nc1nc2c(nnn2C2OC(COP(=O)(O)O)C(O)C2O)c(=O)[nH]1.[Na+]. The van der Waals surface area contributed by atoms with Crippen LogP contribution in [0.1, 0.15) is 6.23 Å². The minimum absolute atomic E-state index is 0. The zero-order chi connectivity index (χ0) is 17.6. The summed E-state index contributed by atoms with van der Waals surface area (Å²) in [6.45, 7) is -0.679. The predicted octanol–water partition coefficient (Wildman–Crippen LogP) is -6.17. The number of fused-ring (bicyclic) bond motifs is 1. The first-order chi connectivity index (χ1) is 11.2. The molecule has 0 aliphatic carbocycles. The minimum Gasteiger partial charge on any atom is -0.387 e. The average molecular weight is 387 g/mol. The van der Waals surface area contributed by atoms with Gasteiger partial charge in [-0.15, -0.1) is 5.10 Å². The molecule has 4 atom stereocenters. The molecule has 16 heteroatoms. The summed E-state index contributed by atoms with van der Waals surface area (Å²) in [5, 5.41) is 27.2. The molecule has 0 saturated carbocycles. The molecule has 7 N–H and O–H groups in total. The monoisotopic (exact) mass is 387 g/mol. The van der Waals surface area contributed by atoms with Crippen LogP contribution >= 0.6 is 7.82 Å². The normalized spacial score (nSPS) is 26.7. The molecular weight excluding hydrogens is 374 g/mol. The van der Waals surface area contributed by atoms with Crippen LogP contribution in [0.3, 0.4) is 0 Å². The van der Waals surface area contributed by atoms with Crippen molar-refractivity contribution in [3.05, 3.63) is 10.4 Å². The van der Waals surface area contributed by atoms with Gasteiger partial charge in [0.05, 0.1) is 6.61 Å². The second kappa shape index (κ2) is 7.36. The van der Waals surface area contributed by atoms with E-state index < -0.39 is 44.5 Å². The zero-order valence-electron chi connectivity index (χ0n) is 12.8. The molecule has 25 heavy (non-hydrogen) atoms. The summed E-state index contributed by atoms with van der Waals surface area (Å²) in [7, 11) is -4.78. The molecule has 0 spiro atoms. The number of phosphoric ester groups is 1. The molecule has 132 valence electrons. The third-order valence-electron chi connectivity index (χ3n) is 3.34. The molecule has 3 rings (SSSR count). The fraction of sp³-hybridized carbons (Fsp3) is 0.556. The second-order valence-corrected chi connectivity index (χ2v) is 6.23. The summed E-state index contributed by atoms with van der Waals surface area (Å²) in [5.74, 6) is -0.217. The summed E-state index contributed by atoms with van der Waals surface area (Å²) in [6.07, 6.45) is -5.64. The first-order valence-corrected chi connectivity index (χ1v) is 8.03. The number of nitrogens with zero attached hydrogens (tertiary/aromatic N) is 4. The van der Waals surface area contributed by atoms with Gasteiger partial charge in [-0.2, -0.15) is 9.67 Å². The minimum atomic E-state index is -4.78. The van der Waals surface area contributed by atoms with Gasteiger partial charge in [0.15, 0.2) is 17.4 Å². The third-order valence-corrected chi connectivity index (χ3v) is 3.82. The van der Waals surface area contributed by atoms with Crippen LogP contribution in [0.25, 0.3) is 11.2 Å². The molecular formula is C9H13N6NaO8P+. The second-order valence-electron chi connectivity index (χ2n) is 4.99. The van der Waals surface area contributed by atoms with E-state index in [1.165, 1.54) is 0 Å². The Bertz CT molecular complexity index is 867. The van der Waals surface area contributed by atoms with E-state index in [0.29, 0.717) is 0 Å². The number of H-pyrrole nitrogens is 1. The van der Waals surface area contributed by atoms with Gasteiger partial charge in [-0.05, 0) is 0 Å². The van der Waals surface area contributed by atoms with Gasteiger partial charge in [0.25, 0.3) is 5.56 Å². The van der Waals surface area contributed by atoms with E-state index >= 15 is 0 Å². The molecule has 2 aromatic heterocycles. The van der Waals surface area contributed by atoms with Gasteiger partial charge in [-0.3, -0.25) is 14.3 Å². The number of nitrogens with one attached hydrogen (secondary N) is 1. The van der Waals surface area contributed by atoms with Crippen molar-refractivity contribution in [3.63, 3.8) is 0 Å². The maximum atomic E-state index is 11.7. The molecule has 0 amide bonds. The molecule has 3 heterocycles. The Labute approximate surface area is 160 Å². The Kier molecular flexibility index (Phi) is 6.00. The van der Waals surface area contributed by atoms with Gasteiger partial charge in [0, 0.05) is 0 Å². The Morgan fingerprint density at radius 2 is 2.04 bits per heavy atom. The summed E-state index contributed by atoms with van der Waals surface area (Å²) in [5.41, 5.74) is 4.53. The molecule has 1 aliphatic heterocycles. The van der Waals surface area contributed by atoms with Gasteiger partial charge in [-0.25, -0.2) is 4.57 Å². The first kappa shape index (κ1) is 20.4. The maximum Gasteiger partial charge on any atom is 1.00 e. The molecule has 0 bridgehead atoms. The van der Waals surface area contributed by atoms with Gasteiger partial charge >= 0.3 is 37.4 Å². The fourth-order valence-corrected chi connectivity index (χ4v) is 2.61. The van der Waals surface area contributed by atoms with Crippen LogP contribution in [-0.2, 0) is 13.8 Å². The Hall–Kier alpha value is -0.930. The molecule has 0 radical (unpaired) electrons. The van der Waals surface area contributed by atoms with Gasteiger partial charge < -0.3 is 30.5 Å². The van der Waals surface area contributed by atoms with Crippen molar-refractivity contribution in [1.29, 1.82) is 0 Å². The van der Waals surface area contributed by atoms with Crippen molar-refractivity contribution in [2.24, 2.45) is 0 Å². The van der Waals surface area contributed by atoms with E-state index in [-0.39, 0.29) is 46.7 Å². The van der Waals surface area contributed by atoms with E-state index in [4.69, 9.17) is 20.3 Å². The van der Waals surface area contributed by atoms with Gasteiger partial charge in [0.2, 0.25) is 5.95 Å². The molecule has 1 aliphatic rings. The Balaban J connectivity index is 0.00000225. The van der Waals surface area contributed by atoms with Crippen LogP contribution in [0.2, 0.25) is 0 Å². The molecule has 1 saturated heterocycles. The number of anilines is 1. The van der Waals surface area contributed by atoms with Crippen LogP contribution < -0.4 is 40.9 Å². The van der Waals surface area contributed by atoms with Crippen molar-refractivity contribution in [2.75, 3.05) is 12.3 Å². The Morgan fingerprint density at radius 1 is 1.36 bits per heavy atom. The van der Waals surface area contributed by atoms with Crippen LogP contribution in [0.5, 0.6) is 0 Å². The van der Waals surface area contributed by atoms with Crippen molar-refractivity contribution in [3.8, 4) is 0 Å². The number of aliphatic hydroxyl groups is 2.